The first-order chi connectivity index (χ1) is 9.76. The van der Waals surface area contributed by atoms with Crippen molar-refractivity contribution in [3.8, 4) is 23.6 Å². The number of phenols is 1. The zero-order valence-corrected chi connectivity index (χ0v) is 10.4. The summed E-state index contributed by atoms with van der Waals surface area (Å²) in [5.41, 5.74) is 2.21. The van der Waals surface area contributed by atoms with E-state index in [1.165, 1.54) is 0 Å². The van der Waals surface area contributed by atoms with Gasteiger partial charge >= 0.3 is 0 Å². The fraction of sp³-hybridized carbons (Fsp3) is 0. The van der Waals surface area contributed by atoms with Gasteiger partial charge in [-0.25, -0.2) is 0 Å². The van der Waals surface area contributed by atoms with Crippen LogP contribution in [-0.2, 0) is 0 Å². The summed E-state index contributed by atoms with van der Waals surface area (Å²) in [6, 6.07) is 18.1. The van der Waals surface area contributed by atoms with Crippen LogP contribution in [0.1, 0.15) is 11.3 Å². The predicted molar refractivity (Wildman–Crippen MR) is 74.4 cm³/mol. The topological polar surface area (TPSA) is 72.7 Å². The van der Waals surface area contributed by atoms with Crippen LogP contribution >= 0.6 is 0 Å². The summed E-state index contributed by atoms with van der Waals surface area (Å²) in [6.45, 7) is 0. The summed E-state index contributed by atoms with van der Waals surface area (Å²) in [5, 5.41) is 28.8. The van der Waals surface area contributed by atoms with Crippen LogP contribution in [0, 0.1) is 22.7 Å². The van der Waals surface area contributed by atoms with Gasteiger partial charge in [0.05, 0.1) is 11.1 Å². The van der Waals surface area contributed by atoms with E-state index < -0.39 is 0 Å². The minimum Gasteiger partial charge on any atom is -0.508 e. The molecule has 4 nitrogen and oxygen atoms in total. The Morgan fingerprint density at radius 1 is 0.900 bits per heavy atom. The average molecular weight is 259 g/mol. The van der Waals surface area contributed by atoms with Gasteiger partial charge in [-0.15, -0.1) is 0 Å². The van der Waals surface area contributed by atoms with Crippen molar-refractivity contribution in [2.75, 3.05) is 0 Å². The summed E-state index contributed by atoms with van der Waals surface area (Å²) in [5.74, 6) is 0.157. The second-order valence-corrected chi connectivity index (χ2v) is 4.32. The molecule has 0 bridgehead atoms. The third-order valence-corrected chi connectivity index (χ3v) is 3.20. The van der Waals surface area contributed by atoms with Crippen LogP contribution in [-0.4, -0.2) is 9.67 Å². The molecule has 0 atom stereocenters. The van der Waals surface area contributed by atoms with Gasteiger partial charge in [0.15, 0.2) is 0 Å². The summed E-state index contributed by atoms with van der Waals surface area (Å²) >= 11 is 0. The molecule has 3 rings (SSSR count). The van der Waals surface area contributed by atoms with E-state index >= 15 is 0 Å². The standard InChI is InChI=1S/C16H9N3O/c17-9-14-13-3-1-2-4-15(13)19(16(14)10-18)11-5-7-12(20)8-6-11/h1-8,20H. The summed E-state index contributed by atoms with van der Waals surface area (Å²) in [7, 11) is 0. The lowest BCUT2D eigenvalue weighted by molar-refractivity contribution is 0.475. The molecule has 1 heterocycles. The zero-order chi connectivity index (χ0) is 14.1. The molecule has 0 aliphatic carbocycles. The maximum atomic E-state index is 9.38. The number of rotatable bonds is 1. The van der Waals surface area contributed by atoms with Gasteiger partial charge in [0, 0.05) is 11.1 Å². The van der Waals surface area contributed by atoms with Crippen LogP contribution in [0.4, 0.5) is 0 Å². The number of phenolic OH excluding ortho intramolecular Hbond substituents is 1. The molecule has 0 amide bonds. The number of hydrogen-bond donors (Lipinski definition) is 1. The van der Waals surface area contributed by atoms with Crippen LogP contribution in [0.15, 0.2) is 48.5 Å². The Morgan fingerprint density at radius 3 is 2.25 bits per heavy atom. The fourth-order valence-electron chi connectivity index (χ4n) is 2.33. The molecular weight excluding hydrogens is 250 g/mol. The molecule has 20 heavy (non-hydrogen) atoms. The number of hydrogen-bond acceptors (Lipinski definition) is 3. The van der Waals surface area contributed by atoms with Crippen molar-refractivity contribution in [1.29, 1.82) is 10.5 Å². The number of fused-ring (bicyclic) bond motifs is 1. The van der Waals surface area contributed by atoms with Gasteiger partial charge in [-0.1, -0.05) is 18.2 Å². The van der Waals surface area contributed by atoms with E-state index in [0.717, 1.165) is 16.6 Å². The van der Waals surface area contributed by atoms with Crippen LogP contribution in [0.2, 0.25) is 0 Å². The lowest BCUT2D eigenvalue weighted by Crippen LogP contribution is -1.97. The highest BCUT2D eigenvalue weighted by Gasteiger charge is 2.17. The molecular formula is C16H9N3O. The third kappa shape index (κ3) is 1.60. The SMILES string of the molecule is N#Cc1c(C#N)n(-c2ccc(O)cc2)c2ccccc12. The summed E-state index contributed by atoms with van der Waals surface area (Å²) < 4.78 is 1.73. The smallest absolute Gasteiger partial charge is 0.143 e. The van der Waals surface area contributed by atoms with Crippen LogP contribution in [0.3, 0.4) is 0 Å². The van der Waals surface area contributed by atoms with Crippen molar-refractivity contribution >= 4 is 10.9 Å². The van der Waals surface area contributed by atoms with E-state index in [4.69, 9.17) is 0 Å². The number of para-hydroxylation sites is 1. The first kappa shape index (κ1) is 11.8. The number of benzene rings is 2. The van der Waals surface area contributed by atoms with E-state index in [1.54, 1.807) is 28.8 Å². The van der Waals surface area contributed by atoms with Gasteiger partial charge in [0.2, 0.25) is 0 Å². The highest BCUT2D eigenvalue weighted by Crippen LogP contribution is 2.29. The Bertz CT molecular complexity index is 877. The van der Waals surface area contributed by atoms with Gasteiger partial charge < -0.3 is 5.11 Å². The van der Waals surface area contributed by atoms with Gasteiger partial charge in [0.25, 0.3) is 0 Å². The molecule has 0 saturated carbocycles. The van der Waals surface area contributed by atoms with Crippen molar-refractivity contribution in [1.82, 2.24) is 4.57 Å². The molecule has 0 spiro atoms. The van der Waals surface area contributed by atoms with Crippen LogP contribution in [0.5, 0.6) is 5.75 Å². The van der Waals surface area contributed by atoms with Crippen molar-refractivity contribution < 1.29 is 5.11 Å². The molecule has 0 aliphatic heterocycles. The van der Waals surface area contributed by atoms with E-state index in [0.29, 0.717) is 11.3 Å². The Kier molecular flexibility index (Phi) is 2.64. The molecule has 94 valence electrons. The maximum Gasteiger partial charge on any atom is 0.143 e. The van der Waals surface area contributed by atoms with E-state index in [-0.39, 0.29) is 5.75 Å². The molecule has 2 aromatic carbocycles. The predicted octanol–water partition coefficient (Wildman–Crippen LogP) is 3.08. The average Bonchev–Trinajstić information content (AvgIpc) is 2.81. The van der Waals surface area contributed by atoms with Gasteiger partial charge in [-0.05, 0) is 30.3 Å². The Labute approximate surface area is 115 Å². The second kappa shape index (κ2) is 4.46. The quantitative estimate of drug-likeness (QED) is 0.729. The number of aromatic nitrogens is 1. The monoisotopic (exact) mass is 259 g/mol. The minimum atomic E-state index is 0.157. The molecule has 1 aromatic heterocycles. The molecule has 0 saturated heterocycles. The van der Waals surface area contributed by atoms with Gasteiger partial charge in [-0.3, -0.25) is 4.57 Å². The summed E-state index contributed by atoms with van der Waals surface area (Å²) in [4.78, 5) is 0. The third-order valence-electron chi connectivity index (χ3n) is 3.20. The molecule has 0 fully saturated rings. The first-order valence-electron chi connectivity index (χ1n) is 5.99. The largest absolute Gasteiger partial charge is 0.508 e. The van der Waals surface area contributed by atoms with Crippen molar-refractivity contribution in [2.45, 2.75) is 0 Å². The number of nitriles is 2. The van der Waals surface area contributed by atoms with Crippen molar-refractivity contribution in [2.24, 2.45) is 0 Å². The first-order valence-corrected chi connectivity index (χ1v) is 5.99. The highest BCUT2D eigenvalue weighted by atomic mass is 16.3. The second-order valence-electron chi connectivity index (χ2n) is 4.32. The van der Waals surface area contributed by atoms with Crippen molar-refractivity contribution in [3.63, 3.8) is 0 Å². The minimum absolute atomic E-state index is 0.157. The van der Waals surface area contributed by atoms with E-state index in [2.05, 4.69) is 12.1 Å². The maximum absolute atomic E-state index is 9.38. The fourth-order valence-corrected chi connectivity index (χ4v) is 2.33. The molecule has 0 radical (unpaired) electrons. The molecule has 3 aromatic rings. The Balaban J connectivity index is 2.44. The lowest BCUT2D eigenvalue weighted by atomic mass is 10.1. The van der Waals surface area contributed by atoms with Crippen LogP contribution in [0.25, 0.3) is 16.6 Å². The zero-order valence-electron chi connectivity index (χ0n) is 10.4. The van der Waals surface area contributed by atoms with Gasteiger partial charge in [0.1, 0.15) is 23.6 Å². The molecule has 1 N–H and O–H groups in total. The van der Waals surface area contributed by atoms with Gasteiger partial charge in [-0.2, -0.15) is 10.5 Å². The Hall–Kier alpha value is -3.24. The highest BCUT2D eigenvalue weighted by molar-refractivity contribution is 5.90. The van der Waals surface area contributed by atoms with Crippen molar-refractivity contribution in [3.05, 3.63) is 59.8 Å². The lowest BCUT2D eigenvalue weighted by Gasteiger charge is -2.06. The normalized spacial score (nSPS) is 10.1. The molecule has 4 heteroatoms. The molecule has 0 unspecified atom stereocenters. The number of nitrogens with zero attached hydrogens (tertiary/aromatic N) is 3. The number of aromatic hydroxyl groups is 1. The van der Waals surface area contributed by atoms with E-state index in [1.807, 2.05) is 24.3 Å². The summed E-state index contributed by atoms with van der Waals surface area (Å²) in [6.07, 6.45) is 0. The molecule has 0 aliphatic rings. The van der Waals surface area contributed by atoms with Crippen LogP contribution < -0.4 is 0 Å². The Morgan fingerprint density at radius 2 is 1.60 bits per heavy atom. The van der Waals surface area contributed by atoms with E-state index in [9.17, 15) is 15.6 Å².